The molecule has 3 heterocycles. The van der Waals surface area contributed by atoms with Crippen LogP contribution < -0.4 is 15.5 Å². The van der Waals surface area contributed by atoms with E-state index in [0.717, 1.165) is 51.5 Å². The number of hydrogen-bond donors (Lipinski definition) is 2. The molecule has 2 fully saturated rings. The zero-order valence-electron chi connectivity index (χ0n) is 18.4. The van der Waals surface area contributed by atoms with E-state index in [2.05, 4.69) is 30.5 Å². The summed E-state index contributed by atoms with van der Waals surface area (Å²) in [4.78, 5) is 43.2. The average Bonchev–Trinajstić information content (AvgIpc) is 3.22. The second kappa shape index (κ2) is 12.1. The maximum absolute atomic E-state index is 12.6. The second-order valence-corrected chi connectivity index (χ2v) is 7.69. The lowest BCUT2D eigenvalue weighted by molar-refractivity contribution is -0.131. The van der Waals surface area contributed by atoms with Crippen molar-refractivity contribution in [3.05, 3.63) is 18.5 Å². The van der Waals surface area contributed by atoms with Crippen molar-refractivity contribution in [2.24, 2.45) is 4.99 Å². The fourth-order valence-electron chi connectivity index (χ4n) is 3.79. The predicted octanol–water partition coefficient (Wildman–Crippen LogP) is 0.0829. The van der Waals surface area contributed by atoms with Gasteiger partial charge in [0.1, 0.15) is 0 Å². The summed E-state index contributed by atoms with van der Waals surface area (Å²) >= 11 is 0. The van der Waals surface area contributed by atoms with E-state index < -0.39 is 0 Å². The number of aromatic nitrogens is 2. The maximum atomic E-state index is 12.6. The van der Waals surface area contributed by atoms with Crippen LogP contribution in [-0.4, -0.2) is 96.4 Å². The summed E-state index contributed by atoms with van der Waals surface area (Å²) in [5, 5.41) is 6.45. The molecular formula is C21H34N8O2. The Balaban J connectivity index is 1.34. The third-order valence-electron chi connectivity index (χ3n) is 5.47. The Bertz CT molecular complexity index is 734. The van der Waals surface area contributed by atoms with Crippen molar-refractivity contribution in [3.8, 4) is 0 Å². The summed E-state index contributed by atoms with van der Waals surface area (Å²) < 4.78 is 0. The number of nitrogens with one attached hydrogen (secondary N) is 2. The van der Waals surface area contributed by atoms with Gasteiger partial charge >= 0.3 is 0 Å². The van der Waals surface area contributed by atoms with Crippen molar-refractivity contribution in [2.75, 3.05) is 63.8 Å². The molecule has 31 heavy (non-hydrogen) atoms. The van der Waals surface area contributed by atoms with Gasteiger partial charge in [-0.05, 0) is 25.8 Å². The molecule has 0 aromatic carbocycles. The Kier molecular flexibility index (Phi) is 8.86. The number of aliphatic imine (C=N–C) groups is 1. The number of carbonyl (C=O) groups excluding carboxylic acids is 2. The second-order valence-electron chi connectivity index (χ2n) is 7.69. The van der Waals surface area contributed by atoms with Crippen molar-refractivity contribution < 1.29 is 9.59 Å². The molecule has 2 N–H and O–H groups in total. The highest BCUT2D eigenvalue weighted by Crippen LogP contribution is 2.11. The highest BCUT2D eigenvalue weighted by atomic mass is 16.2. The molecule has 2 saturated heterocycles. The van der Waals surface area contributed by atoms with Crippen molar-refractivity contribution in [2.45, 2.75) is 32.6 Å². The zero-order chi connectivity index (χ0) is 21.9. The van der Waals surface area contributed by atoms with Crippen LogP contribution >= 0.6 is 0 Å². The van der Waals surface area contributed by atoms with E-state index >= 15 is 0 Å². The van der Waals surface area contributed by atoms with E-state index in [9.17, 15) is 9.59 Å². The molecule has 2 amide bonds. The van der Waals surface area contributed by atoms with Crippen molar-refractivity contribution in [3.63, 3.8) is 0 Å². The lowest BCUT2D eigenvalue weighted by Crippen LogP contribution is -2.50. The minimum absolute atomic E-state index is 0.143. The van der Waals surface area contributed by atoms with Gasteiger partial charge in [-0.1, -0.05) is 0 Å². The van der Waals surface area contributed by atoms with Gasteiger partial charge in [-0.2, -0.15) is 0 Å². The van der Waals surface area contributed by atoms with Gasteiger partial charge in [0, 0.05) is 84.1 Å². The number of guanidine groups is 1. The van der Waals surface area contributed by atoms with Crippen LogP contribution in [0.15, 0.2) is 23.5 Å². The molecule has 1 aromatic rings. The Morgan fingerprint density at radius 3 is 2.58 bits per heavy atom. The van der Waals surface area contributed by atoms with Crippen LogP contribution in [0.2, 0.25) is 0 Å². The fourth-order valence-corrected chi connectivity index (χ4v) is 3.79. The molecule has 0 bridgehead atoms. The van der Waals surface area contributed by atoms with E-state index in [1.165, 1.54) is 0 Å². The van der Waals surface area contributed by atoms with Gasteiger partial charge in [-0.3, -0.25) is 14.6 Å². The van der Waals surface area contributed by atoms with Crippen LogP contribution in [0, 0.1) is 0 Å². The fraction of sp³-hybridized carbons (Fsp3) is 0.667. The standard InChI is InChI=1S/C21H34N8O2/c1-2-22-20(23-10-5-13-27-12-3-6-18(27)30)24-11-7-19(31)28-14-16-29(17-15-28)21-25-8-4-9-26-21/h4,8-9H,2-3,5-7,10-17H2,1H3,(H2,22,23,24). The molecule has 0 spiro atoms. The SMILES string of the molecule is CCNC(=NCCCN1CCCC1=O)NCCC(=O)N1CCN(c2ncccn2)CC1. The Morgan fingerprint density at radius 2 is 1.90 bits per heavy atom. The Morgan fingerprint density at radius 1 is 1.13 bits per heavy atom. The minimum Gasteiger partial charge on any atom is -0.357 e. The van der Waals surface area contributed by atoms with Gasteiger partial charge in [-0.25, -0.2) is 9.97 Å². The van der Waals surface area contributed by atoms with Gasteiger partial charge in [0.15, 0.2) is 5.96 Å². The number of hydrogen-bond acceptors (Lipinski definition) is 6. The number of rotatable bonds is 9. The summed E-state index contributed by atoms with van der Waals surface area (Å²) in [5.41, 5.74) is 0. The van der Waals surface area contributed by atoms with Gasteiger partial charge in [0.05, 0.1) is 0 Å². The lowest BCUT2D eigenvalue weighted by Gasteiger charge is -2.34. The van der Waals surface area contributed by atoms with Crippen LogP contribution in [-0.2, 0) is 9.59 Å². The molecule has 2 aliphatic heterocycles. The highest BCUT2D eigenvalue weighted by Gasteiger charge is 2.22. The van der Waals surface area contributed by atoms with Gasteiger partial charge < -0.3 is 25.3 Å². The van der Waals surface area contributed by atoms with Gasteiger partial charge in [0.25, 0.3) is 0 Å². The number of nitrogens with zero attached hydrogens (tertiary/aromatic N) is 6. The first-order valence-electron chi connectivity index (χ1n) is 11.3. The first kappa shape index (κ1) is 22.8. The number of amides is 2. The molecule has 170 valence electrons. The summed E-state index contributed by atoms with van der Waals surface area (Å²) in [6.07, 6.45) is 6.39. The van der Waals surface area contributed by atoms with Crippen molar-refractivity contribution in [1.29, 1.82) is 0 Å². The Labute approximate surface area is 184 Å². The molecular weight excluding hydrogens is 396 g/mol. The third-order valence-corrected chi connectivity index (χ3v) is 5.47. The first-order valence-corrected chi connectivity index (χ1v) is 11.3. The van der Waals surface area contributed by atoms with Crippen molar-refractivity contribution >= 4 is 23.7 Å². The quantitative estimate of drug-likeness (QED) is 0.325. The van der Waals surface area contributed by atoms with Crippen LogP contribution in [0.25, 0.3) is 0 Å². The van der Waals surface area contributed by atoms with E-state index in [0.29, 0.717) is 45.0 Å². The molecule has 0 unspecified atom stereocenters. The average molecular weight is 431 g/mol. The zero-order valence-corrected chi connectivity index (χ0v) is 18.4. The number of likely N-dealkylation sites (tertiary alicyclic amines) is 1. The third kappa shape index (κ3) is 7.08. The van der Waals surface area contributed by atoms with E-state index in [-0.39, 0.29) is 11.8 Å². The molecule has 1 aromatic heterocycles. The highest BCUT2D eigenvalue weighted by molar-refractivity contribution is 5.81. The molecule has 0 atom stereocenters. The van der Waals surface area contributed by atoms with Crippen LogP contribution in [0.5, 0.6) is 0 Å². The largest absolute Gasteiger partial charge is 0.357 e. The summed E-state index contributed by atoms with van der Waals surface area (Å²) in [6, 6.07) is 1.80. The normalized spacial score (nSPS) is 17.3. The Hall–Kier alpha value is -2.91. The first-order chi connectivity index (χ1) is 15.2. The predicted molar refractivity (Wildman–Crippen MR) is 120 cm³/mol. The van der Waals surface area contributed by atoms with Crippen LogP contribution in [0.3, 0.4) is 0 Å². The lowest BCUT2D eigenvalue weighted by atomic mass is 10.3. The molecule has 0 aliphatic carbocycles. The molecule has 2 aliphatic rings. The molecule has 0 saturated carbocycles. The summed E-state index contributed by atoms with van der Waals surface area (Å²) in [5.74, 6) is 1.83. The summed E-state index contributed by atoms with van der Waals surface area (Å²) in [6.45, 7) is 8.44. The van der Waals surface area contributed by atoms with E-state index in [1.807, 2.05) is 16.7 Å². The summed E-state index contributed by atoms with van der Waals surface area (Å²) in [7, 11) is 0. The number of anilines is 1. The topological polar surface area (TPSA) is 106 Å². The minimum atomic E-state index is 0.143. The smallest absolute Gasteiger partial charge is 0.225 e. The van der Waals surface area contributed by atoms with E-state index in [4.69, 9.17) is 0 Å². The number of carbonyl (C=O) groups is 2. The van der Waals surface area contributed by atoms with Crippen LogP contribution in [0.1, 0.15) is 32.6 Å². The molecule has 3 rings (SSSR count). The van der Waals surface area contributed by atoms with Crippen molar-refractivity contribution in [1.82, 2.24) is 30.4 Å². The molecule has 10 nitrogen and oxygen atoms in total. The van der Waals surface area contributed by atoms with Crippen LogP contribution in [0.4, 0.5) is 5.95 Å². The molecule has 10 heteroatoms. The monoisotopic (exact) mass is 430 g/mol. The molecule has 0 radical (unpaired) electrons. The maximum Gasteiger partial charge on any atom is 0.225 e. The number of piperazine rings is 1. The van der Waals surface area contributed by atoms with Gasteiger partial charge in [0.2, 0.25) is 17.8 Å². The van der Waals surface area contributed by atoms with E-state index in [1.54, 1.807) is 18.5 Å². The van der Waals surface area contributed by atoms with Gasteiger partial charge in [-0.15, -0.1) is 0 Å².